The Morgan fingerprint density at radius 3 is 2.35 bits per heavy atom. The predicted molar refractivity (Wildman–Crippen MR) is 72.0 cm³/mol. The van der Waals surface area contributed by atoms with Crippen molar-refractivity contribution in [3.63, 3.8) is 0 Å². The first kappa shape index (κ1) is 12.3. The minimum atomic E-state index is -0.228. The lowest BCUT2D eigenvalue weighted by molar-refractivity contribution is -0.121. The molecule has 2 rings (SSSR count). The van der Waals surface area contributed by atoms with Gasteiger partial charge in [-0.1, -0.05) is 12.1 Å². The average molecular weight is 265 g/mol. The van der Waals surface area contributed by atoms with Gasteiger partial charge in [0.25, 0.3) is 11.1 Å². The van der Waals surface area contributed by atoms with E-state index in [1.165, 1.54) is 11.9 Å². The lowest BCUT2D eigenvalue weighted by Gasteiger charge is -2.01. The van der Waals surface area contributed by atoms with E-state index in [1.54, 1.807) is 17.8 Å². The van der Waals surface area contributed by atoms with Crippen LogP contribution < -0.4 is 0 Å². The molecule has 1 heterocycles. The zero-order valence-corrected chi connectivity index (χ0v) is 11.1. The molecule has 1 aliphatic heterocycles. The normalized spacial score (nSPS) is 18.2. The van der Waals surface area contributed by atoms with Crippen molar-refractivity contribution < 1.29 is 9.59 Å². The first-order valence-electron chi connectivity index (χ1n) is 4.97. The summed E-state index contributed by atoms with van der Waals surface area (Å²) in [6.07, 6.45) is 3.76. The van der Waals surface area contributed by atoms with E-state index in [0.29, 0.717) is 4.91 Å². The molecule has 2 amide bonds. The van der Waals surface area contributed by atoms with Gasteiger partial charge in [0.05, 0.1) is 4.91 Å². The second-order valence-electron chi connectivity index (χ2n) is 3.51. The van der Waals surface area contributed by atoms with Crippen molar-refractivity contribution in [2.45, 2.75) is 4.90 Å². The van der Waals surface area contributed by atoms with Crippen LogP contribution in [-0.4, -0.2) is 29.3 Å². The number of thioether (sulfide) groups is 2. The molecular weight excluding hydrogens is 254 g/mol. The Labute approximate surface area is 108 Å². The molecular formula is C12H11NO2S2. The molecule has 3 nitrogen and oxygen atoms in total. The first-order chi connectivity index (χ1) is 8.11. The smallest absolute Gasteiger partial charge is 0.272 e. The topological polar surface area (TPSA) is 37.4 Å². The molecule has 0 aliphatic carbocycles. The van der Waals surface area contributed by atoms with Gasteiger partial charge in [0, 0.05) is 11.9 Å². The molecule has 1 aliphatic rings. The van der Waals surface area contributed by atoms with Crippen molar-refractivity contribution in [1.29, 1.82) is 0 Å². The quantitative estimate of drug-likeness (QED) is 0.608. The summed E-state index contributed by atoms with van der Waals surface area (Å²) in [7, 11) is 1.50. The highest BCUT2D eigenvalue weighted by molar-refractivity contribution is 8.18. The molecule has 0 saturated carbocycles. The second kappa shape index (κ2) is 4.98. The minimum Gasteiger partial charge on any atom is -0.272 e. The standard InChI is InChI=1S/C12H11NO2S2/c1-13-11(14)10(17-12(13)15)7-8-3-5-9(16-2)6-4-8/h3-7H,1-2H3. The number of hydrogen-bond donors (Lipinski definition) is 0. The summed E-state index contributed by atoms with van der Waals surface area (Å²) in [6.45, 7) is 0. The van der Waals surface area contributed by atoms with Gasteiger partial charge in [-0.2, -0.15) is 0 Å². The third-order valence-corrected chi connectivity index (χ3v) is 4.10. The number of nitrogens with zero attached hydrogens (tertiary/aromatic N) is 1. The molecule has 0 N–H and O–H groups in total. The summed E-state index contributed by atoms with van der Waals surface area (Å²) in [5.41, 5.74) is 0.932. The van der Waals surface area contributed by atoms with Crippen LogP contribution in [-0.2, 0) is 4.79 Å². The summed E-state index contributed by atoms with van der Waals surface area (Å²) < 4.78 is 0. The third kappa shape index (κ3) is 2.56. The molecule has 0 aromatic heterocycles. The van der Waals surface area contributed by atoms with Crippen molar-refractivity contribution >= 4 is 40.7 Å². The summed E-state index contributed by atoms with van der Waals surface area (Å²) in [5, 5.41) is -0.220. The molecule has 17 heavy (non-hydrogen) atoms. The molecule has 0 bridgehead atoms. The fourth-order valence-corrected chi connectivity index (χ4v) is 2.63. The Hall–Kier alpha value is -1.20. The van der Waals surface area contributed by atoms with E-state index in [4.69, 9.17) is 0 Å². The molecule has 0 atom stereocenters. The molecule has 1 fully saturated rings. The van der Waals surface area contributed by atoms with Crippen molar-refractivity contribution in [3.8, 4) is 0 Å². The predicted octanol–water partition coefficient (Wildman–Crippen LogP) is 3.07. The lowest BCUT2D eigenvalue weighted by atomic mass is 10.2. The number of carbonyl (C=O) groups excluding carboxylic acids is 2. The van der Waals surface area contributed by atoms with Gasteiger partial charge in [-0.25, -0.2) is 0 Å². The van der Waals surface area contributed by atoms with Gasteiger partial charge in [-0.3, -0.25) is 14.5 Å². The van der Waals surface area contributed by atoms with Crippen LogP contribution in [0.3, 0.4) is 0 Å². The number of likely N-dealkylation sites (N-methyl/N-ethyl adjacent to an activating group) is 1. The van der Waals surface area contributed by atoms with Gasteiger partial charge < -0.3 is 0 Å². The minimum absolute atomic E-state index is 0.220. The van der Waals surface area contributed by atoms with E-state index in [2.05, 4.69) is 0 Å². The van der Waals surface area contributed by atoms with Crippen LogP contribution in [0, 0.1) is 0 Å². The van der Waals surface area contributed by atoms with Crippen LogP contribution in [0.1, 0.15) is 5.56 Å². The highest BCUT2D eigenvalue weighted by Gasteiger charge is 2.31. The fraction of sp³-hybridized carbons (Fsp3) is 0.167. The number of carbonyl (C=O) groups is 2. The zero-order valence-electron chi connectivity index (χ0n) is 9.47. The highest BCUT2D eigenvalue weighted by atomic mass is 32.2. The van der Waals surface area contributed by atoms with Crippen molar-refractivity contribution in [1.82, 2.24) is 4.90 Å². The molecule has 1 aromatic rings. The molecule has 1 saturated heterocycles. The third-order valence-electron chi connectivity index (χ3n) is 2.40. The Kier molecular flexibility index (Phi) is 3.59. The number of benzene rings is 1. The second-order valence-corrected chi connectivity index (χ2v) is 5.39. The van der Waals surface area contributed by atoms with E-state index < -0.39 is 0 Å². The lowest BCUT2D eigenvalue weighted by Crippen LogP contribution is -2.22. The van der Waals surface area contributed by atoms with Gasteiger partial charge in [0.1, 0.15) is 0 Å². The fourth-order valence-electron chi connectivity index (χ4n) is 1.40. The first-order valence-corrected chi connectivity index (χ1v) is 7.01. The van der Waals surface area contributed by atoms with E-state index in [1.807, 2.05) is 30.5 Å². The zero-order chi connectivity index (χ0) is 12.4. The van der Waals surface area contributed by atoms with Gasteiger partial charge in [-0.05, 0) is 41.8 Å². The van der Waals surface area contributed by atoms with Crippen LogP contribution in [0.4, 0.5) is 4.79 Å². The molecule has 5 heteroatoms. The van der Waals surface area contributed by atoms with Crippen molar-refractivity contribution in [2.75, 3.05) is 13.3 Å². The Bertz CT molecular complexity index is 494. The summed E-state index contributed by atoms with van der Waals surface area (Å²) >= 11 is 2.65. The molecule has 88 valence electrons. The molecule has 1 aromatic carbocycles. The Morgan fingerprint density at radius 2 is 1.88 bits per heavy atom. The Balaban J connectivity index is 2.24. The number of rotatable bonds is 2. The van der Waals surface area contributed by atoms with E-state index in [-0.39, 0.29) is 11.1 Å². The molecule has 0 unspecified atom stereocenters. The maximum Gasteiger partial charge on any atom is 0.293 e. The van der Waals surface area contributed by atoms with Crippen LogP contribution in [0.5, 0.6) is 0 Å². The van der Waals surface area contributed by atoms with E-state index in [9.17, 15) is 9.59 Å². The average Bonchev–Trinajstić information content (AvgIpc) is 2.58. The SMILES string of the molecule is CSc1ccc(C=C2SC(=O)N(C)C2=O)cc1. The maximum atomic E-state index is 11.7. The van der Waals surface area contributed by atoms with E-state index >= 15 is 0 Å². The molecule has 0 spiro atoms. The van der Waals surface area contributed by atoms with Gasteiger partial charge in [-0.15, -0.1) is 11.8 Å². The van der Waals surface area contributed by atoms with Gasteiger partial charge >= 0.3 is 0 Å². The summed E-state index contributed by atoms with van der Waals surface area (Å²) in [5.74, 6) is -0.228. The van der Waals surface area contributed by atoms with E-state index in [0.717, 1.165) is 22.2 Å². The van der Waals surface area contributed by atoms with Crippen molar-refractivity contribution in [3.05, 3.63) is 34.7 Å². The van der Waals surface area contributed by atoms with Crippen LogP contribution in [0.25, 0.3) is 6.08 Å². The number of hydrogen-bond acceptors (Lipinski definition) is 4. The molecule has 0 radical (unpaired) electrons. The highest BCUT2D eigenvalue weighted by Crippen LogP contribution is 2.31. The number of imide groups is 1. The van der Waals surface area contributed by atoms with Crippen LogP contribution >= 0.6 is 23.5 Å². The summed E-state index contributed by atoms with van der Waals surface area (Å²) in [4.78, 5) is 25.7. The largest absolute Gasteiger partial charge is 0.293 e. The maximum absolute atomic E-state index is 11.7. The van der Waals surface area contributed by atoms with Gasteiger partial charge in [0.15, 0.2) is 0 Å². The van der Waals surface area contributed by atoms with Crippen LogP contribution in [0.2, 0.25) is 0 Å². The Morgan fingerprint density at radius 1 is 1.24 bits per heavy atom. The summed E-state index contributed by atoms with van der Waals surface area (Å²) in [6, 6.07) is 7.87. The van der Waals surface area contributed by atoms with Crippen molar-refractivity contribution in [2.24, 2.45) is 0 Å². The number of amides is 2. The monoisotopic (exact) mass is 265 g/mol. The van der Waals surface area contributed by atoms with Crippen LogP contribution in [0.15, 0.2) is 34.1 Å². The van der Waals surface area contributed by atoms with Gasteiger partial charge in [0.2, 0.25) is 0 Å².